The number of rotatable bonds is 3. The molecule has 4 heteroatoms. The standard InChI is InChI=1S/C14H12ClNO2/c1-18-13-7-6-9(16)8-11(13)14(17)10-4-2-3-5-12(10)15/h2-8H,16H2,1H3. The van der Waals surface area contributed by atoms with Gasteiger partial charge in [0.15, 0.2) is 5.78 Å². The van der Waals surface area contributed by atoms with E-state index < -0.39 is 0 Å². The van der Waals surface area contributed by atoms with Crippen molar-refractivity contribution < 1.29 is 9.53 Å². The number of halogens is 1. The second kappa shape index (κ2) is 5.10. The molecule has 0 saturated carbocycles. The summed E-state index contributed by atoms with van der Waals surface area (Å²) in [6.07, 6.45) is 0. The summed E-state index contributed by atoms with van der Waals surface area (Å²) >= 11 is 6.01. The zero-order valence-corrected chi connectivity index (χ0v) is 10.6. The Morgan fingerprint density at radius 1 is 1.17 bits per heavy atom. The summed E-state index contributed by atoms with van der Waals surface area (Å²) in [5.74, 6) is 0.277. The highest BCUT2D eigenvalue weighted by molar-refractivity contribution is 6.35. The van der Waals surface area contributed by atoms with E-state index in [2.05, 4.69) is 0 Å². The predicted molar refractivity (Wildman–Crippen MR) is 72.3 cm³/mol. The first-order valence-electron chi connectivity index (χ1n) is 5.36. The summed E-state index contributed by atoms with van der Waals surface area (Å²) < 4.78 is 5.16. The summed E-state index contributed by atoms with van der Waals surface area (Å²) in [6, 6.07) is 11.8. The average molecular weight is 262 g/mol. The first-order chi connectivity index (χ1) is 8.63. The first kappa shape index (κ1) is 12.5. The minimum absolute atomic E-state index is 0.204. The lowest BCUT2D eigenvalue weighted by Crippen LogP contribution is -2.05. The monoisotopic (exact) mass is 261 g/mol. The molecule has 2 N–H and O–H groups in total. The van der Waals surface area contributed by atoms with E-state index in [0.717, 1.165) is 0 Å². The molecule has 0 bridgehead atoms. The maximum Gasteiger partial charge on any atom is 0.198 e. The van der Waals surface area contributed by atoms with Gasteiger partial charge < -0.3 is 10.5 Å². The number of hydrogen-bond donors (Lipinski definition) is 1. The molecule has 0 aromatic heterocycles. The topological polar surface area (TPSA) is 52.3 Å². The quantitative estimate of drug-likeness (QED) is 0.682. The van der Waals surface area contributed by atoms with E-state index in [1.807, 2.05) is 0 Å². The summed E-state index contributed by atoms with van der Waals surface area (Å²) in [5.41, 5.74) is 7.04. The fourth-order valence-electron chi connectivity index (χ4n) is 1.69. The SMILES string of the molecule is COc1ccc(N)cc1C(=O)c1ccccc1Cl. The smallest absolute Gasteiger partial charge is 0.198 e. The fourth-order valence-corrected chi connectivity index (χ4v) is 1.92. The molecule has 92 valence electrons. The molecule has 2 aromatic rings. The van der Waals surface area contributed by atoms with Crippen LogP contribution in [-0.2, 0) is 0 Å². The number of ketones is 1. The number of anilines is 1. The largest absolute Gasteiger partial charge is 0.496 e. The molecule has 0 heterocycles. The molecule has 18 heavy (non-hydrogen) atoms. The van der Waals surface area contributed by atoms with Crippen LogP contribution in [0.1, 0.15) is 15.9 Å². The molecular formula is C14H12ClNO2. The van der Waals surface area contributed by atoms with Gasteiger partial charge in [-0.05, 0) is 30.3 Å². The van der Waals surface area contributed by atoms with Crippen LogP contribution in [0, 0.1) is 0 Å². The van der Waals surface area contributed by atoms with Crippen LogP contribution in [0.4, 0.5) is 5.69 Å². The Labute approximate surface area is 110 Å². The lowest BCUT2D eigenvalue weighted by molar-refractivity contribution is 0.103. The molecular weight excluding hydrogens is 250 g/mol. The molecule has 2 rings (SSSR count). The Bertz CT molecular complexity index is 596. The van der Waals surface area contributed by atoms with Gasteiger partial charge >= 0.3 is 0 Å². The number of nitrogen functional groups attached to an aromatic ring is 1. The summed E-state index contributed by atoms with van der Waals surface area (Å²) in [4.78, 5) is 12.4. The van der Waals surface area contributed by atoms with Gasteiger partial charge in [-0.2, -0.15) is 0 Å². The molecule has 0 aliphatic rings. The van der Waals surface area contributed by atoms with E-state index in [9.17, 15) is 4.79 Å². The number of nitrogens with two attached hydrogens (primary N) is 1. The van der Waals surface area contributed by atoms with Crippen LogP contribution >= 0.6 is 11.6 Å². The number of methoxy groups -OCH3 is 1. The van der Waals surface area contributed by atoms with Gasteiger partial charge in [-0.3, -0.25) is 4.79 Å². The van der Waals surface area contributed by atoms with Gasteiger partial charge in [0, 0.05) is 11.3 Å². The van der Waals surface area contributed by atoms with Crippen molar-refractivity contribution >= 4 is 23.1 Å². The third-order valence-corrected chi connectivity index (χ3v) is 2.92. The van der Waals surface area contributed by atoms with Crippen LogP contribution in [-0.4, -0.2) is 12.9 Å². The lowest BCUT2D eigenvalue weighted by Gasteiger charge is -2.09. The third kappa shape index (κ3) is 2.31. The van der Waals surface area contributed by atoms with E-state index in [1.54, 1.807) is 42.5 Å². The number of ether oxygens (including phenoxy) is 1. The Kier molecular flexibility index (Phi) is 3.53. The Hall–Kier alpha value is -2.00. The molecule has 0 amide bonds. The number of carbonyl (C=O) groups is 1. The van der Waals surface area contributed by atoms with Crippen LogP contribution in [0.2, 0.25) is 5.02 Å². The minimum atomic E-state index is -0.204. The van der Waals surface area contributed by atoms with Crippen LogP contribution in [0.25, 0.3) is 0 Å². The van der Waals surface area contributed by atoms with E-state index in [1.165, 1.54) is 7.11 Å². The van der Waals surface area contributed by atoms with E-state index in [4.69, 9.17) is 22.1 Å². The predicted octanol–water partition coefficient (Wildman–Crippen LogP) is 3.16. The molecule has 0 spiro atoms. The molecule has 3 nitrogen and oxygen atoms in total. The van der Waals surface area contributed by atoms with Gasteiger partial charge in [-0.1, -0.05) is 23.7 Å². The molecule has 0 radical (unpaired) electrons. The van der Waals surface area contributed by atoms with Gasteiger partial charge in [0.05, 0.1) is 17.7 Å². The van der Waals surface area contributed by atoms with Crippen molar-refractivity contribution in [1.82, 2.24) is 0 Å². The molecule has 0 aliphatic carbocycles. The van der Waals surface area contributed by atoms with Gasteiger partial charge in [-0.15, -0.1) is 0 Å². The van der Waals surface area contributed by atoms with Crippen molar-refractivity contribution in [3.8, 4) is 5.75 Å². The number of hydrogen-bond acceptors (Lipinski definition) is 3. The normalized spacial score (nSPS) is 10.1. The zero-order chi connectivity index (χ0) is 13.1. The van der Waals surface area contributed by atoms with Crippen molar-refractivity contribution in [3.05, 3.63) is 58.6 Å². The zero-order valence-electron chi connectivity index (χ0n) is 9.81. The van der Waals surface area contributed by atoms with E-state index in [0.29, 0.717) is 27.6 Å². The van der Waals surface area contributed by atoms with Crippen LogP contribution < -0.4 is 10.5 Å². The molecule has 0 atom stereocenters. The number of carbonyl (C=O) groups excluding carboxylic acids is 1. The molecule has 2 aromatic carbocycles. The van der Waals surface area contributed by atoms with Crippen molar-refractivity contribution in [2.45, 2.75) is 0 Å². The highest BCUT2D eigenvalue weighted by atomic mass is 35.5. The summed E-state index contributed by atoms with van der Waals surface area (Å²) in [6.45, 7) is 0. The van der Waals surface area contributed by atoms with Gasteiger partial charge in [-0.25, -0.2) is 0 Å². The Balaban J connectivity index is 2.52. The van der Waals surface area contributed by atoms with Crippen LogP contribution in [0.15, 0.2) is 42.5 Å². The third-order valence-electron chi connectivity index (χ3n) is 2.59. The molecule has 0 saturated heterocycles. The van der Waals surface area contributed by atoms with Crippen LogP contribution in [0.3, 0.4) is 0 Å². The highest BCUT2D eigenvalue weighted by Gasteiger charge is 2.16. The molecule has 0 fully saturated rings. The Morgan fingerprint density at radius 2 is 1.89 bits per heavy atom. The maximum absolute atomic E-state index is 12.4. The number of benzene rings is 2. The Morgan fingerprint density at radius 3 is 2.56 bits per heavy atom. The van der Waals surface area contributed by atoms with Gasteiger partial charge in [0.2, 0.25) is 0 Å². The maximum atomic E-state index is 12.4. The lowest BCUT2D eigenvalue weighted by atomic mass is 10.0. The van der Waals surface area contributed by atoms with Crippen molar-refractivity contribution in [1.29, 1.82) is 0 Å². The average Bonchev–Trinajstić information content (AvgIpc) is 2.38. The van der Waals surface area contributed by atoms with Crippen molar-refractivity contribution in [2.75, 3.05) is 12.8 Å². The minimum Gasteiger partial charge on any atom is -0.496 e. The fraction of sp³-hybridized carbons (Fsp3) is 0.0714. The van der Waals surface area contributed by atoms with Crippen molar-refractivity contribution in [3.63, 3.8) is 0 Å². The summed E-state index contributed by atoms with van der Waals surface area (Å²) in [5, 5.41) is 0.409. The van der Waals surface area contributed by atoms with Gasteiger partial charge in [0.25, 0.3) is 0 Å². The van der Waals surface area contributed by atoms with Gasteiger partial charge in [0.1, 0.15) is 5.75 Å². The van der Waals surface area contributed by atoms with Crippen molar-refractivity contribution in [2.24, 2.45) is 0 Å². The molecule has 0 aliphatic heterocycles. The summed E-state index contributed by atoms with van der Waals surface area (Å²) in [7, 11) is 1.51. The first-order valence-corrected chi connectivity index (χ1v) is 5.74. The van der Waals surface area contributed by atoms with E-state index in [-0.39, 0.29) is 5.78 Å². The van der Waals surface area contributed by atoms with Crippen LogP contribution in [0.5, 0.6) is 5.75 Å². The second-order valence-corrected chi connectivity index (χ2v) is 4.18. The van der Waals surface area contributed by atoms with E-state index >= 15 is 0 Å². The molecule has 0 unspecified atom stereocenters. The second-order valence-electron chi connectivity index (χ2n) is 3.77. The highest BCUT2D eigenvalue weighted by Crippen LogP contribution is 2.26.